The first-order valence-corrected chi connectivity index (χ1v) is 11.6. The molecule has 2 aliphatic rings. The van der Waals surface area contributed by atoms with E-state index in [-0.39, 0.29) is 41.9 Å². The Balaban J connectivity index is 1.81. The molecule has 6 nitrogen and oxygen atoms in total. The molecule has 1 N–H and O–H groups in total. The highest BCUT2D eigenvalue weighted by Crippen LogP contribution is 2.52. The minimum atomic E-state index is -0.630. The van der Waals surface area contributed by atoms with Gasteiger partial charge in [0.1, 0.15) is 18.0 Å². The van der Waals surface area contributed by atoms with Crippen LogP contribution in [0.2, 0.25) is 0 Å². The number of benzene rings is 1. The van der Waals surface area contributed by atoms with Crippen molar-refractivity contribution in [2.75, 3.05) is 7.11 Å². The van der Waals surface area contributed by atoms with Crippen molar-refractivity contribution in [1.29, 1.82) is 0 Å². The van der Waals surface area contributed by atoms with Crippen LogP contribution in [0.25, 0.3) is 0 Å². The van der Waals surface area contributed by atoms with Crippen molar-refractivity contribution in [1.82, 2.24) is 0 Å². The van der Waals surface area contributed by atoms with Crippen LogP contribution in [0.3, 0.4) is 0 Å². The van der Waals surface area contributed by atoms with Crippen molar-refractivity contribution >= 4 is 11.9 Å². The van der Waals surface area contributed by atoms with Crippen molar-refractivity contribution in [2.45, 2.75) is 77.1 Å². The monoisotopic (exact) mass is 454 g/mol. The van der Waals surface area contributed by atoms with Crippen LogP contribution in [-0.2, 0) is 25.5 Å². The van der Waals surface area contributed by atoms with Gasteiger partial charge in [0, 0.05) is 43.6 Å². The lowest BCUT2D eigenvalue weighted by atomic mass is 9.86. The van der Waals surface area contributed by atoms with Crippen LogP contribution in [-0.4, -0.2) is 42.5 Å². The molecule has 0 aromatic heterocycles. The third-order valence-corrected chi connectivity index (χ3v) is 6.55. The van der Waals surface area contributed by atoms with Crippen LogP contribution in [0.15, 0.2) is 30.4 Å². The zero-order valence-corrected chi connectivity index (χ0v) is 19.9. The molecule has 0 saturated heterocycles. The summed E-state index contributed by atoms with van der Waals surface area (Å²) in [5, 5.41) is 10.6. The topological polar surface area (TPSA) is 82.1 Å². The molecule has 0 amide bonds. The predicted molar refractivity (Wildman–Crippen MR) is 125 cm³/mol. The maximum Gasteiger partial charge on any atom is 0.305 e. The molecule has 0 radical (unpaired) electrons. The first kappa shape index (κ1) is 24.9. The summed E-state index contributed by atoms with van der Waals surface area (Å²) >= 11 is 0. The molecule has 33 heavy (non-hydrogen) atoms. The molecular weight excluding hydrogens is 420 g/mol. The highest BCUT2D eigenvalue weighted by molar-refractivity contribution is 5.69. The number of hydrogen-bond acceptors (Lipinski definition) is 6. The Hall–Kier alpha value is -2.78. The Morgan fingerprint density at radius 2 is 2.15 bits per heavy atom. The summed E-state index contributed by atoms with van der Waals surface area (Å²) in [7, 11) is 1.40. The number of fused-ring (bicyclic) bond motifs is 3. The zero-order chi connectivity index (χ0) is 24.0. The molecule has 6 heteroatoms. The van der Waals surface area contributed by atoms with Crippen LogP contribution >= 0.6 is 0 Å². The Morgan fingerprint density at radius 1 is 1.36 bits per heavy atom. The number of hydrogen-bond donors (Lipinski definition) is 1. The number of ether oxygens (including phenoxy) is 3. The summed E-state index contributed by atoms with van der Waals surface area (Å²) in [5.41, 5.74) is 2.17. The van der Waals surface area contributed by atoms with E-state index in [2.05, 4.69) is 17.9 Å². The van der Waals surface area contributed by atoms with E-state index in [0.29, 0.717) is 25.7 Å². The highest BCUT2D eigenvalue weighted by Gasteiger charge is 2.50. The average molecular weight is 455 g/mol. The fraction of sp³-hybridized carbons (Fsp3) is 0.556. The lowest BCUT2D eigenvalue weighted by Gasteiger charge is -2.22. The molecule has 1 heterocycles. The fourth-order valence-corrected chi connectivity index (χ4v) is 4.82. The number of carbonyl (C=O) groups is 2. The van der Waals surface area contributed by atoms with Gasteiger partial charge in [-0.1, -0.05) is 37.3 Å². The van der Waals surface area contributed by atoms with Gasteiger partial charge in [-0.25, -0.2) is 0 Å². The summed E-state index contributed by atoms with van der Waals surface area (Å²) in [6.45, 7) is 5.18. The average Bonchev–Trinajstić information content (AvgIpc) is 3.31. The minimum Gasteiger partial charge on any atom is -0.489 e. The van der Waals surface area contributed by atoms with Crippen LogP contribution in [0.4, 0.5) is 0 Å². The maximum absolute atomic E-state index is 11.7. The van der Waals surface area contributed by atoms with Gasteiger partial charge in [-0.15, -0.1) is 11.8 Å². The van der Waals surface area contributed by atoms with Crippen LogP contribution in [0.1, 0.15) is 63.5 Å². The number of aliphatic hydroxyl groups excluding tert-OH is 1. The summed E-state index contributed by atoms with van der Waals surface area (Å²) in [4.78, 5) is 23.2. The number of esters is 2. The van der Waals surface area contributed by atoms with E-state index in [9.17, 15) is 14.7 Å². The van der Waals surface area contributed by atoms with Gasteiger partial charge in [0.15, 0.2) is 0 Å². The second-order valence-electron chi connectivity index (χ2n) is 8.89. The molecule has 178 valence electrons. The lowest BCUT2D eigenvalue weighted by Crippen LogP contribution is -2.23. The van der Waals surface area contributed by atoms with E-state index in [1.165, 1.54) is 14.0 Å². The standard InChI is InChI=1S/C27H34O6/c1-5-6-9-17(2)22(29)15-14-20-23(32-18(3)28)16-24-26(20)21-12-7-10-19(27(21)33-24)11-8-13-25(30)31-4/h7,10,12,14-15,17,20,22-24,26,29H,8-9,11,13,16H2,1-4H3. The SMILES string of the molecule is CC#CCC(C)C(O)C=CC1C(OC(C)=O)CC2Oc3c(CCCC(=O)OC)cccc3C21. The molecule has 1 fully saturated rings. The molecule has 6 atom stereocenters. The van der Waals surface area contributed by atoms with E-state index in [4.69, 9.17) is 14.2 Å². The normalized spacial score (nSPS) is 24.8. The Labute approximate surface area is 196 Å². The Bertz CT molecular complexity index is 940. The van der Waals surface area contributed by atoms with Crippen molar-refractivity contribution in [3.8, 4) is 17.6 Å². The van der Waals surface area contributed by atoms with Crippen LogP contribution in [0, 0.1) is 23.7 Å². The van der Waals surface area contributed by atoms with Gasteiger partial charge in [-0.2, -0.15) is 0 Å². The molecule has 0 spiro atoms. The van der Waals surface area contributed by atoms with Gasteiger partial charge in [0.2, 0.25) is 0 Å². The molecule has 1 aliphatic carbocycles. The first-order valence-electron chi connectivity index (χ1n) is 11.6. The summed E-state index contributed by atoms with van der Waals surface area (Å²) in [5.74, 6) is 6.18. The number of methoxy groups -OCH3 is 1. The number of carbonyl (C=O) groups excluding carboxylic acids is 2. The maximum atomic E-state index is 11.7. The third-order valence-electron chi connectivity index (χ3n) is 6.55. The van der Waals surface area contributed by atoms with E-state index in [1.807, 2.05) is 31.2 Å². The van der Waals surface area contributed by atoms with Crippen LogP contribution in [0.5, 0.6) is 5.75 Å². The van der Waals surface area contributed by atoms with Gasteiger partial charge in [-0.3, -0.25) is 9.59 Å². The first-order chi connectivity index (χ1) is 15.8. The van der Waals surface area contributed by atoms with Gasteiger partial charge in [-0.05, 0) is 31.2 Å². The molecular formula is C27H34O6. The summed E-state index contributed by atoms with van der Waals surface area (Å²) in [6, 6.07) is 6.11. The third kappa shape index (κ3) is 5.97. The number of para-hydroxylation sites is 1. The fourth-order valence-electron chi connectivity index (χ4n) is 4.82. The second kappa shape index (κ2) is 11.4. The molecule has 1 saturated carbocycles. The van der Waals surface area contributed by atoms with Gasteiger partial charge < -0.3 is 19.3 Å². The molecule has 1 aliphatic heterocycles. The summed E-state index contributed by atoms with van der Waals surface area (Å²) in [6.07, 6.45) is 5.76. The van der Waals surface area contributed by atoms with Gasteiger partial charge in [0.05, 0.1) is 13.2 Å². The van der Waals surface area contributed by atoms with E-state index in [1.54, 1.807) is 6.92 Å². The lowest BCUT2D eigenvalue weighted by molar-refractivity contribution is -0.147. The van der Waals surface area contributed by atoms with Crippen molar-refractivity contribution in [2.24, 2.45) is 11.8 Å². The van der Waals surface area contributed by atoms with Gasteiger partial charge >= 0.3 is 11.9 Å². The summed E-state index contributed by atoms with van der Waals surface area (Å²) < 4.78 is 16.8. The van der Waals surface area contributed by atoms with Crippen molar-refractivity contribution < 1.29 is 28.9 Å². The molecule has 3 rings (SSSR count). The predicted octanol–water partition coefficient (Wildman–Crippen LogP) is 3.95. The smallest absolute Gasteiger partial charge is 0.305 e. The molecule has 1 aromatic carbocycles. The number of rotatable bonds is 9. The van der Waals surface area contributed by atoms with Crippen molar-refractivity contribution in [3.05, 3.63) is 41.5 Å². The molecule has 6 unspecified atom stereocenters. The van der Waals surface area contributed by atoms with E-state index >= 15 is 0 Å². The Morgan fingerprint density at radius 3 is 2.85 bits per heavy atom. The Kier molecular flexibility index (Phi) is 8.57. The van der Waals surface area contributed by atoms with Crippen molar-refractivity contribution in [3.63, 3.8) is 0 Å². The van der Waals surface area contributed by atoms with E-state index in [0.717, 1.165) is 23.3 Å². The highest BCUT2D eigenvalue weighted by atomic mass is 16.5. The molecule has 0 bridgehead atoms. The largest absolute Gasteiger partial charge is 0.489 e. The van der Waals surface area contributed by atoms with Crippen LogP contribution < -0.4 is 4.74 Å². The minimum absolute atomic E-state index is 0.00611. The number of aryl methyl sites for hydroxylation is 1. The zero-order valence-electron chi connectivity index (χ0n) is 19.9. The quantitative estimate of drug-likeness (QED) is 0.346. The molecule has 1 aromatic rings. The van der Waals surface area contributed by atoms with E-state index < -0.39 is 6.10 Å². The second-order valence-corrected chi connectivity index (χ2v) is 8.89. The number of aliphatic hydroxyl groups is 1. The van der Waals surface area contributed by atoms with Gasteiger partial charge in [0.25, 0.3) is 0 Å².